The Morgan fingerprint density at radius 3 is 2.52 bits per heavy atom. The summed E-state index contributed by atoms with van der Waals surface area (Å²) in [6.07, 6.45) is 2.78. The molecule has 1 saturated heterocycles. The summed E-state index contributed by atoms with van der Waals surface area (Å²) in [5.74, 6) is 0.653. The Morgan fingerprint density at radius 2 is 1.88 bits per heavy atom. The third kappa shape index (κ3) is 4.73. The van der Waals surface area contributed by atoms with Gasteiger partial charge in [-0.2, -0.15) is 4.98 Å². The second kappa shape index (κ2) is 7.45. The largest absolute Gasteiger partial charge is 0.474 e. The van der Waals surface area contributed by atoms with Crippen molar-refractivity contribution in [2.45, 2.75) is 31.6 Å². The molecule has 0 radical (unpaired) electrons. The topological polar surface area (TPSA) is 72.4 Å². The molecule has 0 atom stereocenters. The molecule has 0 aliphatic carbocycles. The van der Waals surface area contributed by atoms with Crippen LogP contribution in [0.15, 0.2) is 36.5 Å². The van der Waals surface area contributed by atoms with Crippen LogP contribution in [0.4, 0.5) is 4.39 Å². The first kappa shape index (κ1) is 17.8. The lowest BCUT2D eigenvalue weighted by Gasteiger charge is -2.31. The number of aryl methyl sites for hydroxylation is 1. The predicted molar refractivity (Wildman–Crippen MR) is 91.0 cm³/mol. The molecule has 0 N–H and O–H groups in total. The van der Waals surface area contributed by atoms with E-state index in [0.29, 0.717) is 43.2 Å². The quantitative estimate of drug-likeness (QED) is 0.813. The van der Waals surface area contributed by atoms with Crippen LogP contribution in [-0.2, 0) is 15.8 Å². The van der Waals surface area contributed by atoms with E-state index >= 15 is 0 Å². The molecule has 1 aromatic carbocycles. The van der Waals surface area contributed by atoms with Crippen molar-refractivity contribution >= 4 is 10.0 Å². The van der Waals surface area contributed by atoms with Gasteiger partial charge in [0.1, 0.15) is 17.7 Å². The summed E-state index contributed by atoms with van der Waals surface area (Å²) in [5, 5.41) is 0. The number of ether oxygens (including phenoxy) is 1. The van der Waals surface area contributed by atoms with Crippen LogP contribution in [0, 0.1) is 12.7 Å². The van der Waals surface area contributed by atoms with Gasteiger partial charge in [-0.25, -0.2) is 22.1 Å². The molecule has 0 saturated carbocycles. The highest BCUT2D eigenvalue weighted by molar-refractivity contribution is 7.88. The van der Waals surface area contributed by atoms with Crippen molar-refractivity contribution in [2.75, 3.05) is 13.1 Å². The van der Waals surface area contributed by atoms with Gasteiger partial charge in [0.05, 0.1) is 5.75 Å². The molecule has 0 amide bonds. The minimum atomic E-state index is -3.42. The Kier molecular flexibility index (Phi) is 5.29. The highest BCUT2D eigenvalue weighted by Crippen LogP contribution is 2.21. The van der Waals surface area contributed by atoms with E-state index in [1.54, 1.807) is 19.2 Å². The van der Waals surface area contributed by atoms with Gasteiger partial charge in [-0.1, -0.05) is 12.1 Å². The smallest absolute Gasteiger partial charge is 0.218 e. The van der Waals surface area contributed by atoms with E-state index in [9.17, 15) is 12.8 Å². The van der Waals surface area contributed by atoms with Crippen LogP contribution in [0.25, 0.3) is 0 Å². The predicted octanol–water partition coefficient (Wildman–Crippen LogP) is 2.30. The Balaban J connectivity index is 1.56. The highest BCUT2D eigenvalue weighted by Gasteiger charge is 2.29. The zero-order valence-corrected chi connectivity index (χ0v) is 14.7. The summed E-state index contributed by atoms with van der Waals surface area (Å²) in [6, 6.07) is 7.24. The van der Waals surface area contributed by atoms with Gasteiger partial charge in [0.15, 0.2) is 0 Å². The fourth-order valence-electron chi connectivity index (χ4n) is 2.78. The molecule has 0 spiro atoms. The number of aromatic nitrogens is 2. The van der Waals surface area contributed by atoms with E-state index in [-0.39, 0.29) is 17.7 Å². The van der Waals surface area contributed by atoms with Crippen molar-refractivity contribution < 1.29 is 17.5 Å². The van der Waals surface area contributed by atoms with Gasteiger partial charge in [-0.05, 0) is 37.5 Å². The van der Waals surface area contributed by atoms with Gasteiger partial charge >= 0.3 is 0 Å². The number of sulfonamides is 1. The molecule has 8 heteroatoms. The maximum Gasteiger partial charge on any atom is 0.218 e. The van der Waals surface area contributed by atoms with Crippen molar-refractivity contribution in [1.29, 1.82) is 0 Å². The van der Waals surface area contributed by atoms with Gasteiger partial charge < -0.3 is 4.74 Å². The Bertz CT molecular complexity index is 819. The molecule has 25 heavy (non-hydrogen) atoms. The van der Waals surface area contributed by atoms with E-state index in [0.717, 1.165) is 0 Å². The molecule has 1 aliphatic heterocycles. The standard InChI is InChI=1S/C17H20FN3O3S/c1-13-19-9-6-17(20-13)24-16-7-10-21(11-8-16)25(22,23)12-14-2-4-15(18)5-3-14/h2-6,9,16H,7-8,10-12H2,1H3. The minimum Gasteiger partial charge on any atom is -0.474 e. The molecular formula is C17H20FN3O3S. The second-order valence-corrected chi connectivity index (χ2v) is 8.01. The number of piperidine rings is 1. The molecule has 1 fully saturated rings. The fraction of sp³-hybridized carbons (Fsp3) is 0.412. The van der Waals surface area contributed by atoms with Crippen molar-refractivity contribution in [2.24, 2.45) is 0 Å². The molecule has 6 nitrogen and oxygen atoms in total. The lowest BCUT2D eigenvalue weighted by atomic mass is 10.1. The van der Waals surface area contributed by atoms with Gasteiger partial charge in [0, 0.05) is 25.4 Å². The average molecular weight is 365 g/mol. The van der Waals surface area contributed by atoms with Crippen LogP contribution in [-0.4, -0.2) is 41.9 Å². The van der Waals surface area contributed by atoms with Gasteiger partial charge in [0.2, 0.25) is 15.9 Å². The van der Waals surface area contributed by atoms with Crippen molar-refractivity contribution in [3.8, 4) is 5.88 Å². The lowest BCUT2D eigenvalue weighted by Crippen LogP contribution is -2.42. The Hall–Kier alpha value is -2.06. The van der Waals surface area contributed by atoms with Crippen LogP contribution in [0.3, 0.4) is 0 Å². The number of halogens is 1. The van der Waals surface area contributed by atoms with Crippen LogP contribution in [0.2, 0.25) is 0 Å². The monoisotopic (exact) mass is 365 g/mol. The highest BCUT2D eigenvalue weighted by atomic mass is 32.2. The summed E-state index contributed by atoms with van der Waals surface area (Å²) in [5.41, 5.74) is 0.580. The summed E-state index contributed by atoms with van der Waals surface area (Å²) in [6.45, 7) is 2.59. The van der Waals surface area contributed by atoms with Crippen LogP contribution >= 0.6 is 0 Å². The number of hydrogen-bond acceptors (Lipinski definition) is 5. The van der Waals surface area contributed by atoms with Crippen molar-refractivity contribution in [3.63, 3.8) is 0 Å². The first-order valence-corrected chi connectivity index (χ1v) is 9.72. The molecule has 1 aliphatic rings. The summed E-state index contributed by atoms with van der Waals surface area (Å²) in [4.78, 5) is 8.22. The van der Waals surface area contributed by atoms with Gasteiger partial charge in [-0.3, -0.25) is 0 Å². The zero-order valence-electron chi connectivity index (χ0n) is 13.9. The molecule has 2 aromatic rings. The Morgan fingerprint density at radius 1 is 1.20 bits per heavy atom. The van der Waals surface area contributed by atoms with Crippen molar-refractivity contribution in [3.05, 3.63) is 53.7 Å². The summed E-state index contributed by atoms with van der Waals surface area (Å²) < 4.78 is 45.3. The third-order valence-electron chi connectivity index (χ3n) is 4.09. The SMILES string of the molecule is Cc1nccc(OC2CCN(S(=O)(=O)Cc3ccc(F)cc3)CC2)n1. The van der Waals surface area contributed by atoms with Crippen LogP contribution in [0.1, 0.15) is 24.2 Å². The van der Waals surface area contributed by atoms with Crippen LogP contribution in [0.5, 0.6) is 5.88 Å². The van der Waals surface area contributed by atoms with Gasteiger partial charge in [-0.15, -0.1) is 0 Å². The number of hydrogen-bond donors (Lipinski definition) is 0. The molecular weight excluding hydrogens is 345 g/mol. The summed E-state index contributed by atoms with van der Waals surface area (Å²) >= 11 is 0. The molecule has 3 rings (SSSR count). The second-order valence-electron chi connectivity index (χ2n) is 6.04. The zero-order chi connectivity index (χ0) is 17.9. The van der Waals surface area contributed by atoms with Crippen molar-refractivity contribution in [1.82, 2.24) is 14.3 Å². The van der Waals surface area contributed by atoms with Gasteiger partial charge in [0.25, 0.3) is 0 Å². The van der Waals surface area contributed by atoms with E-state index < -0.39 is 10.0 Å². The maximum absolute atomic E-state index is 12.9. The first-order chi connectivity index (χ1) is 11.9. The number of benzene rings is 1. The average Bonchev–Trinajstić information content (AvgIpc) is 2.57. The molecule has 134 valence electrons. The van der Waals surface area contributed by atoms with E-state index in [2.05, 4.69) is 9.97 Å². The van der Waals surface area contributed by atoms with E-state index in [1.165, 1.54) is 28.6 Å². The number of rotatable bonds is 5. The first-order valence-electron chi connectivity index (χ1n) is 8.11. The lowest BCUT2D eigenvalue weighted by molar-refractivity contribution is 0.129. The summed E-state index contributed by atoms with van der Waals surface area (Å²) in [7, 11) is -3.42. The van der Waals surface area contributed by atoms with E-state index in [1.807, 2.05) is 0 Å². The molecule has 0 bridgehead atoms. The fourth-order valence-corrected chi connectivity index (χ4v) is 4.34. The minimum absolute atomic E-state index is 0.0634. The molecule has 2 heterocycles. The third-order valence-corrected chi connectivity index (χ3v) is 5.94. The normalized spacial score (nSPS) is 16.7. The molecule has 0 unspecified atom stereocenters. The van der Waals surface area contributed by atoms with E-state index in [4.69, 9.17) is 4.74 Å². The number of nitrogens with zero attached hydrogens (tertiary/aromatic N) is 3. The molecule has 1 aromatic heterocycles. The van der Waals surface area contributed by atoms with Crippen LogP contribution < -0.4 is 4.74 Å². The maximum atomic E-state index is 12.9. The Labute approximate surface area is 146 Å².